The Morgan fingerprint density at radius 1 is 1.19 bits per heavy atom. The molecule has 1 aromatic heterocycles. The number of aryl methyl sites for hydroxylation is 2. The van der Waals surface area contributed by atoms with Gasteiger partial charge in [-0.3, -0.25) is 9.36 Å². The molecule has 0 aromatic carbocycles. The average molecular weight is 289 g/mol. The van der Waals surface area contributed by atoms with Gasteiger partial charge in [-0.25, -0.2) is 4.98 Å². The van der Waals surface area contributed by atoms with Crippen LogP contribution in [0.3, 0.4) is 0 Å². The second-order valence-electron chi connectivity index (χ2n) is 6.78. The molecule has 0 atom stereocenters. The summed E-state index contributed by atoms with van der Waals surface area (Å²) in [5.74, 6) is 1.86. The van der Waals surface area contributed by atoms with Crippen LogP contribution >= 0.6 is 0 Å². The van der Waals surface area contributed by atoms with E-state index in [1.807, 2.05) is 11.5 Å². The Hall–Kier alpha value is -1.16. The molecular formula is C17H27N3O. The maximum Gasteiger partial charge on any atom is 0.256 e. The molecule has 1 saturated heterocycles. The first kappa shape index (κ1) is 14.8. The fourth-order valence-electron chi connectivity index (χ4n) is 3.57. The Bertz CT molecular complexity index is 556. The molecule has 0 amide bonds. The van der Waals surface area contributed by atoms with Crippen LogP contribution in [0.5, 0.6) is 0 Å². The molecule has 2 aliphatic heterocycles. The van der Waals surface area contributed by atoms with E-state index in [1.54, 1.807) is 0 Å². The molecule has 4 nitrogen and oxygen atoms in total. The zero-order valence-corrected chi connectivity index (χ0v) is 13.4. The summed E-state index contributed by atoms with van der Waals surface area (Å²) < 4.78 is 1.92. The van der Waals surface area contributed by atoms with E-state index < -0.39 is 0 Å². The minimum absolute atomic E-state index is 0.225. The molecule has 0 bridgehead atoms. The van der Waals surface area contributed by atoms with Crippen molar-refractivity contribution in [2.24, 2.45) is 5.92 Å². The van der Waals surface area contributed by atoms with Crippen LogP contribution in [0.1, 0.15) is 49.7 Å². The van der Waals surface area contributed by atoms with E-state index >= 15 is 0 Å². The molecule has 0 saturated carbocycles. The van der Waals surface area contributed by atoms with Gasteiger partial charge < -0.3 is 4.90 Å². The summed E-state index contributed by atoms with van der Waals surface area (Å²) in [5.41, 5.74) is 2.13. The van der Waals surface area contributed by atoms with Gasteiger partial charge in [0, 0.05) is 30.8 Å². The van der Waals surface area contributed by atoms with Crippen molar-refractivity contribution >= 4 is 0 Å². The van der Waals surface area contributed by atoms with Gasteiger partial charge in [-0.2, -0.15) is 0 Å². The predicted octanol–water partition coefficient (Wildman–Crippen LogP) is 2.16. The van der Waals surface area contributed by atoms with Gasteiger partial charge >= 0.3 is 0 Å². The maximum atomic E-state index is 12.7. The molecular weight excluding hydrogens is 262 g/mol. The molecule has 2 aliphatic rings. The second kappa shape index (κ2) is 6.30. The van der Waals surface area contributed by atoms with E-state index in [9.17, 15) is 4.79 Å². The number of aromatic nitrogens is 2. The fraction of sp³-hybridized carbons (Fsp3) is 0.765. The Morgan fingerprint density at radius 2 is 1.95 bits per heavy atom. The van der Waals surface area contributed by atoms with Crippen LogP contribution in [0.4, 0.5) is 0 Å². The molecule has 116 valence electrons. The number of hydrogen-bond donors (Lipinski definition) is 0. The van der Waals surface area contributed by atoms with E-state index in [1.165, 1.54) is 25.9 Å². The highest BCUT2D eigenvalue weighted by atomic mass is 16.1. The third-order valence-corrected chi connectivity index (χ3v) is 5.13. The van der Waals surface area contributed by atoms with E-state index in [2.05, 4.69) is 11.8 Å². The lowest BCUT2D eigenvalue weighted by molar-refractivity contribution is 0.194. The number of rotatable bonds is 3. The highest BCUT2D eigenvalue weighted by Gasteiger charge is 2.19. The lowest BCUT2D eigenvalue weighted by Gasteiger charge is -2.30. The van der Waals surface area contributed by atoms with Crippen molar-refractivity contribution in [2.45, 2.75) is 58.9 Å². The first-order chi connectivity index (χ1) is 10.1. The van der Waals surface area contributed by atoms with Gasteiger partial charge in [0.25, 0.3) is 5.56 Å². The molecule has 1 fully saturated rings. The zero-order chi connectivity index (χ0) is 14.8. The van der Waals surface area contributed by atoms with Crippen LogP contribution in [0.25, 0.3) is 0 Å². The summed E-state index contributed by atoms with van der Waals surface area (Å²) in [5, 5.41) is 0. The van der Waals surface area contributed by atoms with Crippen LogP contribution in [-0.2, 0) is 19.4 Å². The van der Waals surface area contributed by atoms with Crippen LogP contribution < -0.4 is 5.56 Å². The SMILES string of the molecule is Cc1nc2n(c(=O)c1CCN1CCC(C)CC1)CCCC2. The summed E-state index contributed by atoms with van der Waals surface area (Å²) in [4.78, 5) is 19.9. The smallest absolute Gasteiger partial charge is 0.256 e. The normalized spacial score (nSPS) is 20.5. The number of likely N-dealkylation sites (tertiary alicyclic amines) is 1. The highest BCUT2D eigenvalue weighted by Crippen LogP contribution is 2.17. The third-order valence-electron chi connectivity index (χ3n) is 5.13. The molecule has 3 rings (SSSR count). The lowest BCUT2D eigenvalue weighted by Crippen LogP contribution is -2.37. The van der Waals surface area contributed by atoms with Crippen molar-refractivity contribution < 1.29 is 0 Å². The Labute approximate surface area is 127 Å². The second-order valence-corrected chi connectivity index (χ2v) is 6.78. The molecule has 4 heteroatoms. The van der Waals surface area contributed by atoms with Crippen molar-refractivity contribution in [2.75, 3.05) is 19.6 Å². The van der Waals surface area contributed by atoms with E-state index in [4.69, 9.17) is 4.98 Å². The molecule has 1 aromatic rings. The third kappa shape index (κ3) is 3.20. The van der Waals surface area contributed by atoms with Crippen molar-refractivity contribution in [3.63, 3.8) is 0 Å². The molecule has 0 aliphatic carbocycles. The number of nitrogens with zero attached hydrogens (tertiary/aromatic N) is 3. The van der Waals surface area contributed by atoms with Crippen LogP contribution in [-0.4, -0.2) is 34.1 Å². The van der Waals surface area contributed by atoms with Gasteiger partial charge in [0.1, 0.15) is 5.82 Å². The van der Waals surface area contributed by atoms with Crippen LogP contribution in [0.15, 0.2) is 4.79 Å². The van der Waals surface area contributed by atoms with Crippen molar-refractivity contribution in [3.05, 3.63) is 27.4 Å². The molecule has 0 unspecified atom stereocenters. The van der Waals surface area contributed by atoms with Crippen molar-refractivity contribution in [1.82, 2.24) is 14.5 Å². The molecule has 0 spiro atoms. The number of fused-ring (bicyclic) bond motifs is 1. The van der Waals surface area contributed by atoms with Gasteiger partial charge in [0.15, 0.2) is 0 Å². The van der Waals surface area contributed by atoms with Crippen LogP contribution in [0.2, 0.25) is 0 Å². The van der Waals surface area contributed by atoms with Crippen molar-refractivity contribution in [1.29, 1.82) is 0 Å². The van der Waals surface area contributed by atoms with E-state index in [-0.39, 0.29) is 5.56 Å². The van der Waals surface area contributed by atoms with Gasteiger partial charge in [-0.1, -0.05) is 6.92 Å². The average Bonchev–Trinajstić information content (AvgIpc) is 2.49. The first-order valence-electron chi connectivity index (χ1n) is 8.46. The molecule has 3 heterocycles. The quantitative estimate of drug-likeness (QED) is 0.856. The minimum atomic E-state index is 0.225. The Morgan fingerprint density at radius 3 is 2.71 bits per heavy atom. The fourth-order valence-corrected chi connectivity index (χ4v) is 3.57. The topological polar surface area (TPSA) is 38.1 Å². The first-order valence-corrected chi connectivity index (χ1v) is 8.46. The summed E-state index contributed by atoms with van der Waals surface area (Å²) in [6, 6.07) is 0. The van der Waals surface area contributed by atoms with Gasteiger partial charge in [0.05, 0.1) is 0 Å². The standard InChI is InChI=1S/C17H27N3O/c1-13-6-10-19(11-7-13)12-8-15-14(2)18-16-5-3-4-9-20(16)17(15)21/h13H,3-12H2,1-2H3. The summed E-state index contributed by atoms with van der Waals surface area (Å²) in [6.07, 6.45) is 6.67. The lowest BCUT2D eigenvalue weighted by atomic mass is 9.99. The van der Waals surface area contributed by atoms with E-state index in [0.29, 0.717) is 0 Å². The minimum Gasteiger partial charge on any atom is -0.303 e. The number of piperidine rings is 1. The van der Waals surface area contributed by atoms with E-state index in [0.717, 1.165) is 61.8 Å². The largest absolute Gasteiger partial charge is 0.303 e. The van der Waals surface area contributed by atoms with Crippen molar-refractivity contribution in [3.8, 4) is 0 Å². The summed E-state index contributed by atoms with van der Waals surface area (Å²) in [7, 11) is 0. The Balaban J connectivity index is 1.72. The Kier molecular flexibility index (Phi) is 4.43. The maximum absolute atomic E-state index is 12.7. The molecule has 21 heavy (non-hydrogen) atoms. The molecule has 0 radical (unpaired) electrons. The summed E-state index contributed by atoms with van der Waals surface area (Å²) in [6.45, 7) is 8.56. The monoisotopic (exact) mass is 289 g/mol. The zero-order valence-electron chi connectivity index (χ0n) is 13.4. The van der Waals surface area contributed by atoms with Gasteiger partial charge in [0.2, 0.25) is 0 Å². The predicted molar refractivity (Wildman–Crippen MR) is 84.7 cm³/mol. The number of hydrogen-bond acceptors (Lipinski definition) is 3. The molecule has 0 N–H and O–H groups in total. The van der Waals surface area contributed by atoms with Crippen LogP contribution in [0, 0.1) is 12.8 Å². The van der Waals surface area contributed by atoms with Gasteiger partial charge in [-0.15, -0.1) is 0 Å². The summed E-state index contributed by atoms with van der Waals surface area (Å²) >= 11 is 0. The van der Waals surface area contributed by atoms with Gasteiger partial charge in [-0.05, 0) is 58.0 Å². The highest BCUT2D eigenvalue weighted by molar-refractivity contribution is 5.19.